The van der Waals surface area contributed by atoms with Crippen LogP contribution in [0.1, 0.15) is 60.6 Å². The molecule has 0 saturated carbocycles. The maximum atomic E-state index is 13.2. The normalized spacial score (nSPS) is 12.8. The van der Waals surface area contributed by atoms with Gasteiger partial charge in [0.05, 0.1) is 24.9 Å². The zero-order valence-corrected chi connectivity index (χ0v) is 24.9. The van der Waals surface area contributed by atoms with Crippen molar-refractivity contribution in [3.63, 3.8) is 0 Å². The van der Waals surface area contributed by atoms with E-state index in [1.807, 2.05) is 65.9 Å². The van der Waals surface area contributed by atoms with Gasteiger partial charge >= 0.3 is 5.97 Å². The highest BCUT2D eigenvalue weighted by Gasteiger charge is 2.34. The van der Waals surface area contributed by atoms with Gasteiger partial charge in [0.15, 0.2) is 6.10 Å². The summed E-state index contributed by atoms with van der Waals surface area (Å²) in [6, 6.07) is 7.61. The lowest BCUT2D eigenvalue weighted by Crippen LogP contribution is -2.29. The first-order chi connectivity index (χ1) is 17.7. The summed E-state index contributed by atoms with van der Waals surface area (Å²) in [5, 5.41) is 6.64. The second-order valence-corrected chi connectivity index (χ2v) is 11.4. The predicted molar refractivity (Wildman–Crippen MR) is 152 cm³/mol. The van der Waals surface area contributed by atoms with E-state index in [2.05, 4.69) is 23.5 Å². The Kier molecular flexibility index (Phi) is 7.67. The van der Waals surface area contributed by atoms with Crippen molar-refractivity contribution >= 4 is 40.2 Å². The number of ether oxygens (including phenoxy) is 2. The molecule has 1 atom stereocenters. The average Bonchev–Trinajstić information content (AvgIpc) is 3.22. The third-order valence-corrected chi connectivity index (χ3v) is 7.58. The van der Waals surface area contributed by atoms with Crippen LogP contribution in [0.3, 0.4) is 0 Å². The van der Waals surface area contributed by atoms with E-state index in [0.717, 1.165) is 44.7 Å². The van der Waals surface area contributed by atoms with Gasteiger partial charge in [-0.25, -0.2) is 9.78 Å². The van der Waals surface area contributed by atoms with Gasteiger partial charge in [0.2, 0.25) is 0 Å². The Balaban J connectivity index is 2.10. The summed E-state index contributed by atoms with van der Waals surface area (Å²) in [5.74, 6) is -0.481. The zero-order valence-electron chi connectivity index (χ0n) is 23.4. The average molecular weight is 558 g/mol. The van der Waals surface area contributed by atoms with E-state index in [1.54, 1.807) is 4.68 Å². The first-order valence-corrected chi connectivity index (χ1v) is 13.2. The summed E-state index contributed by atoms with van der Waals surface area (Å²) in [7, 11) is 3.21. The van der Waals surface area contributed by atoms with Crippen molar-refractivity contribution in [1.29, 1.82) is 0 Å². The molecule has 0 spiro atoms. The lowest BCUT2D eigenvalue weighted by molar-refractivity contribution is -0.164. The number of halogens is 2. The zero-order chi connectivity index (χ0) is 28.1. The Morgan fingerprint density at radius 3 is 2.21 bits per heavy atom. The SMILES string of the molecule is COC(=O)[C@@H](OC(C)(C)C)c1c(C)nc2c(c(C)c(C)n2Cc2c(C)nn(C)c2Cl)c1-c1ccc(Cl)cc1. The second-order valence-electron chi connectivity index (χ2n) is 10.6. The Labute approximate surface area is 233 Å². The summed E-state index contributed by atoms with van der Waals surface area (Å²) in [4.78, 5) is 18.2. The van der Waals surface area contributed by atoms with E-state index >= 15 is 0 Å². The summed E-state index contributed by atoms with van der Waals surface area (Å²) >= 11 is 12.9. The quantitative estimate of drug-likeness (QED) is 0.238. The first kappa shape index (κ1) is 28.1. The number of carbonyl (C=O) groups excluding carboxylic acids is 1. The molecule has 1 aromatic carbocycles. The third kappa shape index (κ3) is 5.07. The van der Waals surface area contributed by atoms with Gasteiger partial charge in [-0.3, -0.25) is 4.68 Å². The van der Waals surface area contributed by atoms with Crippen LogP contribution in [-0.2, 0) is 27.9 Å². The molecule has 7 nitrogen and oxygen atoms in total. The predicted octanol–water partition coefficient (Wildman–Crippen LogP) is 7.05. The van der Waals surface area contributed by atoms with Crippen LogP contribution in [-0.4, -0.2) is 38.0 Å². The van der Waals surface area contributed by atoms with Crippen molar-refractivity contribution < 1.29 is 14.3 Å². The molecule has 202 valence electrons. The summed E-state index contributed by atoms with van der Waals surface area (Å²) < 4.78 is 15.4. The fourth-order valence-corrected chi connectivity index (χ4v) is 5.28. The topological polar surface area (TPSA) is 71.2 Å². The maximum absolute atomic E-state index is 13.2. The molecule has 0 aliphatic heterocycles. The summed E-state index contributed by atoms with van der Waals surface area (Å²) in [6.07, 6.45) is -0.972. The number of hydrogen-bond acceptors (Lipinski definition) is 5. The molecule has 0 saturated heterocycles. The van der Waals surface area contributed by atoms with Crippen LogP contribution in [0, 0.1) is 27.7 Å². The number of aryl methyl sites for hydroxylation is 4. The van der Waals surface area contributed by atoms with Gasteiger partial charge < -0.3 is 14.0 Å². The summed E-state index contributed by atoms with van der Waals surface area (Å²) in [5.41, 5.74) is 7.22. The third-order valence-electron chi connectivity index (χ3n) is 6.85. The molecule has 0 bridgehead atoms. The van der Waals surface area contributed by atoms with E-state index in [1.165, 1.54) is 7.11 Å². The Hall–Kier alpha value is -2.87. The molecule has 0 unspecified atom stereocenters. The minimum Gasteiger partial charge on any atom is -0.467 e. The minimum atomic E-state index is -0.972. The van der Waals surface area contributed by atoms with Crippen molar-refractivity contribution in [3.05, 3.63) is 68.2 Å². The molecule has 3 heterocycles. The molecule has 0 aliphatic rings. The number of rotatable bonds is 6. The molecule has 9 heteroatoms. The Morgan fingerprint density at radius 2 is 1.68 bits per heavy atom. The van der Waals surface area contributed by atoms with E-state index in [4.69, 9.17) is 37.7 Å². The number of aromatic nitrogens is 4. The van der Waals surface area contributed by atoms with Crippen LogP contribution in [0.5, 0.6) is 0 Å². The number of benzene rings is 1. The van der Waals surface area contributed by atoms with Crippen LogP contribution < -0.4 is 0 Å². The molecule has 0 fully saturated rings. The molecule has 0 radical (unpaired) electrons. The van der Waals surface area contributed by atoms with Gasteiger partial charge in [-0.15, -0.1) is 0 Å². The second kappa shape index (κ2) is 10.4. The Morgan fingerprint density at radius 1 is 1.05 bits per heavy atom. The lowest BCUT2D eigenvalue weighted by atomic mass is 9.91. The number of hydrogen-bond donors (Lipinski definition) is 0. The van der Waals surface area contributed by atoms with Gasteiger partial charge in [-0.05, 0) is 71.7 Å². The monoisotopic (exact) mass is 556 g/mol. The molecule has 3 aromatic heterocycles. The van der Waals surface area contributed by atoms with Crippen LogP contribution in [0.4, 0.5) is 0 Å². The van der Waals surface area contributed by atoms with E-state index in [-0.39, 0.29) is 0 Å². The molecular weight excluding hydrogens is 523 g/mol. The number of fused-ring (bicyclic) bond motifs is 1. The van der Waals surface area contributed by atoms with Crippen LogP contribution in [0.25, 0.3) is 22.2 Å². The molecule has 0 amide bonds. The first-order valence-electron chi connectivity index (χ1n) is 12.4. The van der Waals surface area contributed by atoms with Gasteiger partial charge in [-0.2, -0.15) is 5.10 Å². The highest BCUT2D eigenvalue weighted by molar-refractivity contribution is 6.30. The van der Waals surface area contributed by atoms with Crippen molar-refractivity contribution in [1.82, 2.24) is 19.3 Å². The van der Waals surface area contributed by atoms with Crippen LogP contribution in [0.15, 0.2) is 24.3 Å². The van der Waals surface area contributed by atoms with Crippen LogP contribution in [0.2, 0.25) is 10.2 Å². The standard InChI is InChI=1S/C29H34Cl2N4O3/c1-15-18(4)35(14-21-16(2)33-34(8)26(21)31)27-22(15)24(19-10-12-20(30)13-11-19)23(17(3)32-27)25(28(36)37-9)38-29(5,6)7/h10-13,25H,14H2,1-9H3/t25-/m0/s1. The number of nitrogens with zero attached hydrogens (tertiary/aromatic N) is 4. The molecule has 4 rings (SSSR count). The number of methoxy groups -OCH3 is 1. The Bertz CT molecular complexity index is 1530. The fraction of sp³-hybridized carbons (Fsp3) is 0.414. The minimum absolute atomic E-state index is 0.481. The molecule has 4 aromatic rings. The van der Waals surface area contributed by atoms with E-state index in [0.29, 0.717) is 28.0 Å². The molecule has 0 N–H and O–H groups in total. The van der Waals surface area contributed by atoms with Crippen molar-refractivity contribution in [2.24, 2.45) is 7.05 Å². The van der Waals surface area contributed by atoms with Crippen molar-refractivity contribution in [3.8, 4) is 11.1 Å². The summed E-state index contributed by atoms with van der Waals surface area (Å²) in [6.45, 7) is 14.3. The van der Waals surface area contributed by atoms with Gasteiger partial charge in [0.1, 0.15) is 10.8 Å². The van der Waals surface area contributed by atoms with E-state index in [9.17, 15) is 4.79 Å². The smallest absolute Gasteiger partial charge is 0.339 e. The fourth-order valence-electron chi connectivity index (χ4n) is 4.92. The van der Waals surface area contributed by atoms with E-state index < -0.39 is 17.7 Å². The largest absolute Gasteiger partial charge is 0.467 e. The number of pyridine rings is 1. The maximum Gasteiger partial charge on any atom is 0.339 e. The molecule has 38 heavy (non-hydrogen) atoms. The van der Waals surface area contributed by atoms with Gasteiger partial charge in [-0.1, -0.05) is 35.3 Å². The van der Waals surface area contributed by atoms with Crippen LogP contribution >= 0.6 is 23.2 Å². The highest BCUT2D eigenvalue weighted by Crippen LogP contribution is 2.43. The highest BCUT2D eigenvalue weighted by atomic mass is 35.5. The molecular formula is C29H34Cl2N4O3. The molecule has 0 aliphatic carbocycles. The van der Waals surface area contributed by atoms with Gasteiger partial charge in [0.25, 0.3) is 0 Å². The van der Waals surface area contributed by atoms with Crippen molar-refractivity contribution in [2.75, 3.05) is 7.11 Å². The van der Waals surface area contributed by atoms with Crippen molar-refractivity contribution in [2.45, 2.75) is 66.7 Å². The van der Waals surface area contributed by atoms with Gasteiger partial charge in [0, 0.05) is 45.5 Å². The number of esters is 1. The number of carbonyl (C=O) groups is 1. The lowest BCUT2D eigenvalue weighted by Gasteiger charge is -2.29.